The third-order valence-corrected chi connectivity index (χ3v) is 6.68. The summed E-state index contributed by atoms with van der Waals surface area (Å²) in [6.45, 7) is 1.92. The molecule has 1 N–H and O–H groups in total. The number of hydrogen-bond acceptors (Lipinski definition) is 5. The number of anilines is 1. The van der Waals surface area contributed by atoms with Gasteiger partial charge in [-0.05, 0) is 54.2 Å². The highest BCUT2D eigenvalue weighted by atomic mass is 32.2. The van der Waals surface area contributed by atoms with Crippen LogP contribution < -0.4 is 10.1 Å². The Bertz CT molecular complexity index is 686. The summed E-state index contributed by atoms with van der Waals surface area (Å²) in [5.74, 6) is 2.98. The van der Waals surface area contributed by atoms with Gasteiger partial charge in [0, 0.05) is 6.20 Å². The Labute approximate surface area is 150 Å². The zero-order chi connectivity index (χ0) is 16.8. The lowest BCUT2D eigenvalue weighted by Gasteiger charge is -2.21. The molecular formula is C18H20N2O2S2. The normalized spacial score (nSPS) is 15.0. The second-order valence-corrected chi connectivity index (χ2v) is 8.25. The predicted molar refractivity (Wildman–Crippen MR) is 102 cm³/mol. The molecule has 24 heavy (non-hydrogen) atoms. The number of benzene rings is 1. The second-order valence-electron chi connectivity index (χ2n) is 5.52. The average Bonchev–Trinajstić information content (AvgIpc) is 2.63. The Morgan fingerprint density at radius 3 is 2.71 bits per heavy atom. The highest BCUT2D eigenvalue weighted by Crippen LogP contribution is 2.43. The quantitative estimate of drug-likeness (QED) is 0.863. The minimum Gasteiger partial charge on any atom is -0.484 e. The zero-order valence-electron chi connectivity index (χ0n) is 13.5. The van der Waals surface area contributed by atoms with E-state index in [-0.39, 0.29) is 12.5 Å². The van der Waals surface area contributed by atoms with E-state index in [0.717, 1.165) is 5.56 Å². The van der Waals surface area contributed by atoms with Crippen LogP contribution in [0.2, 0.25) is 0 Å². The Morgan fingerprint density at radius 2 is 2.00 bits per heavy atom. The summed E-state index contributed by atoms with van der Waals surface area (Å²) in [5, 5.41) is 2.81. The molecule has 0 unspecified atom stereocenters. The second kappa shape index (κ2) is 8.44. The van der Waals surface area contributed by atoms with Crippen molar-refractivity contribution >= 4 is 35.1 Å². The summed E-state index contributed by atoms with van der Waals surface area (Å²) in [4.78, 5) is 16.0. The number of carbonyl (C=O) groups excluding carboxylic acids is 1. The maximum absolute atomic E-state index is 12.0. The number of thioether (sulfide) groups is 2. The Hall–Kier alpha value is -1.66. The molecule has 1 aliphatic heterocycles. The Kier molecular flexibility index (Phi) is 6.04. The maximum atomic E-state index is 12.0. The summed E-state index contributed by atoms with van der Waals surface area (Å²) in [5.41, 5.74) is 3.01. The molecule has 1 amide bonds. The summed E-state index contributed by atoms with van der Waals surface area (Å²) in [6, 6.07) is 9.92. The number of aromatic nitrogens is 1. The van der Waals surface area contributed by atoms with Crippen molar-refractivity contribution in [3.63, 3.8) is 0 Å². The van der Waals surface area contributed by atoms with Crippen molar-refractivity contribution in [3.8, 4) is 5.75 Å². The Balaban J connectivity index is 1.51. The Morgan fingerprint density at radius 1 is 1.25 bits per heavy atom. The molecule has 2 aromatic rings. The van der Waals surface area contributed by atoms with Gasteiger partial charge in [0.25, 0.3) is 5.91 Å². The number of amides is 1. The minimum atomic E-state index is -0.187. The maximum Gasteiger partial charge on any atom is 0.262 e. The fraction of sp³-hybridized carbons (Fsp3) is 0.333. The lowest BCUT2D eigenvalue weighted by molar-refractivity contribution is -0.118. The van der Waals surface area contributed by atoms with E-state index in [1.54, 1.807) is 12.4 Å². The van der Waals surface area contributed by atoms with Crippen molar-refractivity contribution in [2.45, 2.75) is 17.9 Å². The number of ether oxygens (including phenoxy) is 1. The minimum absolute atomic E-state index is 0.0133. The van der Waals surface area contributed by atoms with Gasteiger partial charge in [-0.1, -0.05) is 12.1 Å². The first-order valence-electron chi connectivity index (χ1n) is 7.89. The van der Waals surface area contributed by atoms with Crippen LogP contribution in [0.25, 0.3) is 0 Å². The van der Waals surface area contributed by atoms with E-state index in [4.69, 9.17) is 4.74 Å². The average molecular weight is 361 g/mol. The van der Waals surface area contributed by atoms with Gasteiger partial charge in [0.1, 0.15) is 5.75 Å². The molecule has 1 aromatic heterocycles. The van der Waals surface area contributed by atoms with Crippen LogP contribution in [-0.2, 0) is 4.79 Å². The number of carbonyl (C=O) groups is 1. The summed E-state index contributed by atoms with van der Waals surface area (Å²) in [7, 11) is 0. The first-order chi connectivity index (χ1) is 11.7. The van der Waals surface area contributed by atoms with Gasteiger partial charge in [-0.15, -0.1) is 23.5 Å². The van der Waals surface area contributed by atoms with E-state index in [0.29, 0.717) is 16.0 Å². The van der Waals surface area contributed by atoms with E-state index in [2.05, 4.69) is 22.4 Å². The molecule has 1 aromatic carbocycles. The third kappa shape index (κ3) is 4.68. The number of rotatable bonds is 5. The predicted octanol–water partition coefficient (Wildman–Crippen LogP) is 4.28. The van der Waals surface area contributed by atoms with Gasteiger partial charge >= 0.3 is 0 Å². The van der Waals surface area contributed by atoms with Crippen LogP contribution in [0.5, 0.6) is 5.75 Å². The first kappa shape index (κ1) is 17.2. The van der Waals surface area contributed by atoms with E-state index < -0.39 is 0 Å². The molecule has 2 heterocycles. The molecule has 1 fully saturated rings. The fourth-order valence-electron chi connectivity index (χ4n) is 2.33. The zero-order valence-corrected chi connectivity index (χ0v) is 15.2. The van der Waals surface area contributed by atoms with Gasteiger partial charge in [0.15, 0.2) is 6.61 Å². The molecule has 3 rings (SSSR count). The lowest BCUT2D eigenvalue weighted by atomic mass is 10.2. The van der Waals surface area contributed by atoms with E-state index in [9.17, 15) is 4.79 Å². The van der Waals surface area contributed by atoms with Crippen LogP contribution in [0, 0.1) is 6.92 Å². The smallest absolute Gasteiger partial charge is 0.262 e. The molecule has 4 nitrogen and oxygen atoms in total. The molecule has 6 heteroatoms. The lowest BCUT2D eigenvalue weighted by Crippen LogP contribution is -2.20. The van der Waals surface area contributed by atoms with Gasteiger partial charge in [-0.25, -0.2) is 0 Å². The number of pyridine rings is 1. The van der Waals surface area contributed by atoms with Crippen LogP contribution >= 0.6 is 23.5 Å². The highest BCUT2D eigenvalue weighted by Gasteiger charge is 2.16. The number of nitrogens with one attached hydrogen (secondary N) is 1. The van der Waals surface area contributed by atoms with Crippen molar-refractivity contribution < 1.29 is 9.53 Å². The van der Waals surface area contributed by atoms with Crippen LogP contribution in [0.1, 0.15) is 22.1 Å². The fourth-order valence-corrected chi connectivity index (χ4v) is 5.23. The van der Waals surface area contributed by atoms with Crippen LogP contribution in [0.4, 0.5) is 5.69 Å². The standard InChI is InChI=1S/C18H20N2O2S2/c1-13-7-8-19-11-16(13)20-17(21)12-22-15-5-3-14(4-6-15)18-23-9-2-10-24-18/h3-8,11,18H,2,9-10,12H2,1H3,(H,20,21). The molecule has 0 radical (unpaired) electrons. The molecule has 0 spiro atoms. The monoisotopic (exact) mass is 360 g/mol. The van der Waals surface area contributed by atoms with Gasteiger partial charge < -0.3 is 10.1 Å². The largest absolute Gasteiger partial charge is 0.484 e. The molecule has 126 valence electrons. The number of nitrogens with zero attached hydrogens (tertiary/aromatic N) is 1. The molecular weight excluding hydrogens is 340 g/mol. The summed E-state index contributed by atoms with van der Waals surface area (Å²) < 4.78 is 6.09. The van der Waals surface area contributed by atoms with E-state index >= 15 is 0 Å². The van der Waals surface area contributed by atoms with Gasteiger partial charge in [0.2, 0.25) is 0 Å². The van der Waals surface area contributed by atoms with Crippen molar-refractivity contribution in [2.75, 3.05) is 23.4 Å². The molecule has 0 aliphatic carbocycles. The molecule has 0 saturated carbocycles. The SMILES string of the molecule is Cc1ccncc1NC(=O)COc1ccc(C2SCCCS2)cc1. The van der Waals surface area contributed by atoms with Crippen LogP contribution in [-0.4, -0.2) is 29.0 Å². The van der Waals surface area contributed by atoms with Gasteiger partial charge in [-0.3, -0.25) is 9.78 Å². The van der Waals surface area contributed by atoms with Crippen LogP contribution in [0.15, 0.2) is 42.7 Å². The molecule has 1 aliphatic rings. The molecule has 1 saturated heterocycles. The summed E-state index contributed by atoms with van der Waals surface area (Å²) >= 11 is 3.99. The number of aryl methyl sites for hydroxylation is 1. The van der Waals surface area contributed by atoms with Crippen molar-refractivity contribution in [3.05, 3.63) is 53.9 Å². The third-order valence-electron chi connectivity index (χ3n) is 3.66. The molecule has 0 atom stereocenters. The van der Waals surface area contributed by atoms with Crippen molar-refractivity contribution in [2.24, 2.45) is 0 Å². The topological polar surface area (TPSA) is 51.2 Å². The number of hydrogen-bond donors (Lipinski definition) is 1. The van der Waals surface area contributed by atoms with Crippen molar-refractivity contribution in [1.82, 2.24) is 4.98 Å². The van der Waals surface area contributed by atoms with Gasteiger partial charge in [0.05, 0.1) is 16.5 Å². The first-order valence-corrected chi connectivity index (χ1v) is 9.98. The van der Waals surface area contributed by atoms with Crippen molar-refractivity contribution in [1.29, 1.82) is 0 Å². The van der Waals surface area contributed by atoms with Crippen LogP contribution in [0.3, 0.4) is 0 Å². The van der Waals surface area contributed by atoms with E-state index in [1.165, 1.54) is 23.5 Å². The van der Waals surface area contributed by atoms with Gasteiger partial charge in [-0.2, -0.15) is 0 Å². The summed E-state index contributed by atoms with van der Waals surface area (Å²) in [6.07, 6.45) is 4.63. The van der Waals surface area contributed by atoms with E-state index in [1.807, 2.05) is 48.6 Å². The molecule has 0 bridgehead atoms. The highest BCUT2D eigenvalue weighted by molar-refractivity contribution is 8.16.